The summed E-state index contributed by atoms with van der Waals surface area (Å²) in [5.41, 5.74) is 1.55. The molecule has 2 aromatic carbocycles. The number of aryl methyl sites for hydroxylation is 1. The maximum Gasteiger partial charge on any atom is 0.264 e. The SMILES string of the molecule is Cc1ccc(S(=O)(=O)N(CCC(=O)NCCCN2CCCCC2)c2ccccc2)cc1. The van der Waals surface area contributed by atoms with Gasteiger partial charge in [-0.05, 0) is 70.1 Å². The van der Waals surface area contributed by atoms with E-state index in [9.17, 15) is 13.2 Å². The first-order valence-corrected chi connectivity index (χ1v) is 12.5. The number of likely N-dealkylation sites (tertiary alicyclic amines) is 1. The van der Waals surface area contributed by atoms with E-state index in [1.807, 2.05) is 13.0 Å². The summed E-state index contributed by atoms with van der Waals surface area (Å²) in [7, 11) is -3.76. The van der Waals surface area contributed by atoms with E-state index in [0.717, 1.165) is 31.6 Å². The monoisotopic (exact) mass is 443 g/mol. The van der Waals surface area contributed by atoms with Gasteiger partial charge in [0.1, 0.15) is 0 Å². The highest BCUT2D eigenvalue weighted by Crippen LogP contribution is 2.24. The Labute approximate surface area is 186 Å². The Bertz CT molecular complexity index is 924. The average molecular weight is 444 g/mol. The van der Waals surface area contributed by atoms with Crippen LogP contribution >= 0.6 is 0 Å². The highest BCUT2D eigenvalue weighted by molar-refractivity contribution is 7.92. The van der Waals surface area contributed by atoms with Crippen molar-refractivity contribution in [1.29, 1.82) is 0 Å². The lowest BCUT2D eigenvalue weighted by atomic mass is 10.1. The zero-order valence-electron chi connectivity index (χ0n) is 18.3. The lowest BCUT2D eigenvalue weighted by Gasteiger charge is -2.26. The lowest BCUT2D eigenvalue weighted by molar-refractivity contribution is -0.120. The van der Waals surface area contributed by atoms with Gasteiger partial charge in [0.05, 0.1) is 10.6 Å². The molecule has 1 aliphatic rings. The van der Waals surface area contributed by atoms with Crippen molar-refractivity contribution in [3.63, 3.8) is 0 Å². The van der Waals surface area contributed by atoms with Crippen molar-refractivity contribution in [3.8, 4) is 0 Å². The smallest absolute Gasteiger partial charge is 0.264 e. The number of carbonyl (C=O) groups excluding carboxylic acids is 1. The number of nitrogens with one attached hydrogen (secondary N) is 1. The molecule has 0 bridgehead atoms. The summed E-state index contributed by atoms with van der Waals surface area (Å²) in [4.78, 5) is 15.1. The van der Waals surface area contributed by atoms with E-state index in [2.05, 4.69) is 10.2 Å². The first-order chi connectivity index (χ1) is 15.0. The van der Waals surface area contributed by atoms with E-state index in [-0.39, 0.29) is 23.8 Å². The van der Waals surface area contributed by atoms with E-state index in [1.165, 1.54) is 23.6 Å². The van der Waals surface area contributed by atoms with E-state index in [0.29, 0.717) is 12.2 Å². The third kappa shape index (κ3) is 6.80. The first kappa shape index (κ1) is 23.3. The molecule has 3 rings (SSSR count). The molecule has 31 heavy (non-hydrogen) atoms. The number of hydrogen-bond acceptors (Lipinski definition) is 4. The van der Waals surface area contributed by atoms with Crippen LogP contribution in [0, 0.1) is 6.92 Å². The van der Waals surface area contributed by atoms with Gasteiger partial charge in [-0.3, -0.25) is 9.10 Å². The van der Waals surface area contributed by atoms with Gasteiger partial charge in [0.25, 0.3) is 10.0 Å². The second kappa shape index (κ2) is 11.3. The zero-order chi connectivity index (χ0) is 22.1. The van der Waals surface area contributed by atoms with Crippen molar-refractivity contribution in [2.75, 3.05) is 37.0 Å². The number of hydrogen-bond donors (Lipinski definition) is 1. The average Bonchev–Trinajstić information content (AvgIpc) is 2.78. The van der Waals surface area contributed by atoms with Crippen molar-refractivity contribution >= 4 is 21.6 Å². The Morgan fingerprint density at radius 1 is 1.00 bits per heavy atom. The molecule has 0 saturated carbocycles. The molecular weight excluding hydrogens is 410 g/mol. The fraction of sp³-hybridized carbons (Fsp3) is 0.458. The fourth-order valence-corrected chi connectivity index (χ4v) is 5.29. The van der Waals surface area contributed by atoms with Crippen LogP contribution in [0.3, 0.4) is 0 Å². The van der Waals surface area contributed by atoms with Gasteiger partial charge in [0.15, 0.2) is 0 Å². The minimum absolute atomic E-state index is 0.0954. The van der Waals surface area contributed by atoms with Crippen LogP contribution in [-0.4, -0.2) is 51.9 Å². The summed E-state index contributed by atoms with van der Waals surface area (Å²) in [6, 6.07) is 15.7. The first-order valence-electron chi connectivity index (χ1n) is 11.1. The van der Waals surface area contributed by atoms with E-state index in [1.54, 1.807) is 48.5 Å². The third-order valence-corrected chi connectivity index (χ3v) is 7.46. The van der Waals surface area contributed by atoms with Crippen molar-refractivity contribution in [2.24, 2.45) is 0 Å². The molecule has 7 heteroatoms. The van der Waals surface area contributed by atoms with Crippen LogP contribution in [0.5, 0.6) is 0 Å². The summed E-state index contributed by atoms with van der Waals surface area (Å²) in [5.74, 6) is -0.126. The van der Waals surface area contributed by atoms with Crippen molar-refractivity contribution in [1.82, 2.24) is 10.2 Å². The number of anilines is 1. The Kier molecular flexibility index (Phi) is 8.49. The predicted octanol–water partition coefficient (Wildman–Crippen LogP) is 3.57. The van der Waals surface area contributed by atoms with Gasteiger partial charge in [-0.15, -0.1) is 0 Å². The van der Waals surface area contributed by atoms with Gasteiger partial charge in [0, 0.05) is 19.5 Å². The molecule has 1 heterocycles. The van der Waals surface area contributed by atoms with Gasteiger partial charge in [-0.1, -0.05) is 42.3 Å². The number of amides is 1. The summed E-state index contributed by atoms with van der Waals surface area (Å²) < 4.78 is 27.9. The summed E-state index contributed by atoms with van der Waals surface area (Å²) in [6.45, 7) is 5.93. The number of carbonyl (C=O) groups is 1. The van der Waals surface area contributed by atoms with Crippen LogP contribution < -0.4 is 9.62 Å². The molecule has 1 amide bonds. The number of piperidine rings is 1. The summed E-state index contributed by atoms with van der Waals surface area (Å²) in [6.07, 6.45) is 4.87. The molecule has 168 valence electrons. The van der Waals surface area contributed by atoms with Crippen LogP contribution in [0.1, 0.15) is 37.7 Å². The Morgan fingerprint density at radius 2 is 1.68 bits per heavy atom. The molecule has 0 radical (unpaired) electrons. The van der Waals surface area contributed by atoms with Gasteiger partial charge in [-0.25, -0.2) is 8.42 Å². The van der Waals surface area contributed by atoms with Crippen molar-refractivity contribution in [3.05, 3.63) is 60.2 Å². The Balaban J connectivity index is 1.57. The Morgan fingerprint density at radius 3 is 2.35 bits per heavy atom. The van der Waals surface area contributed by atoms with Gasteiger partial charge < -0.3 is 10.2 Å². The molecule has 0 aliphatic carbocycles. The molecule has 1 N–H and O–H groups in total. The highest BCUT2D eigenvalue weighted by Gasteiger charge is 2.25. The number of rotatable bonds is 10. The maximum absolute atomic E-state index is 13.3. The molecule has 1 fully saturated rings. The number of benzene rings is 2. The molecule has 1 aliphatic heterocycles. The lowest BCUT2D eigenvalue weighted by Crippen LogP contribution is -2.36. The van der Waals surface area contributed by atoms with E-state index in [4.69, 9.17) is 0 Å². The highest BCUT2D eigenvalue weighted by atomic mass is 32.2. The quantitative estimate of drug-likeness (QED) is 0.570. The summed E-state index contributed by atoms with van der Waals surface area (Å²) in [5, 5.41) is 2.94. The molecule has 0 spiro atoms. The minimum Gasteiger partial charge on any atom is -0.356 e. The van der Waals surface area contributed by atoms with Crippen LogP contribution in [0.2, 0.25) is 0 Å². The molecule has 0 unspecified atom stereocenters. The zero-order valence-corrected chi connectivity index (χ0v) is 19.1. The van der Waals surface area contributed by atoms with Crippen molar-refractivity contribution in [2.45, 2.75) is 43.9 Å². The van der Waals surface area contributed by atoms with Crippen LogP contribution in [-0.2, 0) is 14.8 Å². The standard InChI is InChI=1S/C24H33N3O3S/c1-21-11-13-23(14-12-21)31(29,30)27(22-9-4-2-5-10-22)20-15-24(28)25-16-8-19-26-17-6-3-7-18-26/h2,4-5,9-14H,3,6-8,15-20H2,1H3,(H,25,28). The van der Waals surface area contributed by atoms with Gasteiger partial charge >= 0.3 is 0 Å². The molecular formula is C24H33N3O3S. The fourth-order valence-electron chi connectivity index (χ4n) is 3.82. The third-order valence-electron chi connectivity index (χ3n) is 5.62. The molecule has 1 saturated heterocycles. The van der Waals surface area contributed by atoms with Gasteiger partial charge in [-0.2, -0.15) is 0 Å². The van der Waals surface area contributed by atoms with Crippen LogP contribution in [0.25, 0.3) is 0 Å². The minimum atomic E-state index is -3.76. The second-order valence-corrected chi connectivity index (χ2v) is 9.94. The number of sulfonamides is 1. The topological polar surface area (TPSA) is 69.7 Å². The Hall–Kier alpha value is -2.38. The largest absolute Gasteiger partial charge is 0.356 e. The van der Waals surface area contributed by atoms with E-state index < -0.39 is 10.0 Å². The molecule has 2 aromatic rings. The normalized spacial score (nSPS) is 14.9. The maximum atomic E-state index is 13.3. The van der Waals surface area contributed by atoms with Gasteiger partial charge in [0.2, 0.25) is 5.91 Å². The number of para-hydroxylation sites is 1. The van der Waals surface area contributed by atoms with Crippen molar-refractivity contribution < 1.29 is 13.2 Å². The van der Waals surface area contributed by atoms with E-state index >= 15 is 0 Å². The predicted molar refractivity (Wildman–Crippen MR) is 125 cm³/mol. The second-order valence-electron chi connectivity index (χ2n) is 8.08. The summed E-state index contributed by atoms with van der Waals surface area (Å²) >= 11 is 0. The molecule has 0 aromatic heterocycles. The molecule has 0 atom stereocenters. The van der Waals surface area contributed by atoms with Crippen LogP contribution in [0.15, 0.2) is 59.5 Å². The van der Waals surface area contributed by atoms with Crippen LogP contribution in [0.4, 0.5) is 5.69 Å². The molecule has 6 nitrogen and oxygen atoms in total. The number of nitrogens with zero attached hydrogens (tertiary/aromatic N) is 2.